The summed E-state index contributed by atoms with van der Waals surface area (Å²) in [5.74, 6) is -0.240. The van der Waals surface area contributed by atoms with Gasteiger partial charge in [-0.05, 0) is 36.6 Å². The summed E-state index contributed by atoms with van der Waals surface area (Å²) in [6, 6.07) is 4.09. The Hall–Kier alpha value is -1.84. The van der Waals surface area contributed by atoms with Gasteiger partial charge >= 0.3 is 0 Å². The van der Waals surface area contributed by atoms with Gasteiger partial charge in [-0.15, -0.1) is 0 Å². The van der Waals surface area contributed by atoms with Gasteiger partial charge < -0.3 is 9.47 Å². The number of methoxy groups -OCH3 is 1. The molecule has 0 radical (unpaired) electrons. The predicted octanol–water partition coefficient (Wildman–Crippen LogP) is 3.45. The van der Waals surface area contributed by atoms with E-state index in [1.807, 2.05) is 0 Å². The monoisotopic (exact) mass is 250 g/mol. The van der Waals surface area contributed by atoms with Crippen LogP contribution in [-0.4, -0.2) is 13.7 Å². The second kappa shape index (κ2) is 4.12. The van der Waals surface area contributed by atoms with Crippen LogP contribution in [0.5, 0.6) is 11.5 Å². The molecule has 0 spiro atoms. The molecule has 0 aliphatic carbocycles. The lowest BCUT2D eigenvalue weighted by atomic mass is 9.99. The van der Waals surface area contributed by atoms with Crippen molar-refractivity contribution in [3.63, 3.8) is 0 Å². The summed E-state index contributed by atoms with van der Waals surface area (Å²) >= 11 is 0. The van der Waals surface area contributed by atoms with Gasteiger partial charge in [-0.3, -0.25) is 0 Å². The number of fused-ring (bicyclic) bond motifs is 3. The highest BCUT2D eigenvalue weighted by Gasteiger charge is 2.19. The maximum atomic E-state index is 13.9. The van der Waals surface area contributed by atoms with Crippen molar-refractivity contribution in [3.8, 4) is 11.5 Å². The average Bonchev–Trinajstić information content (AvgIpc) is 2.39. The van der Waals surface area contributed by atoms with Crippen molar-refractivity contribution in [2.75, 3.05) is 13.7 Å². The molecule has 0 bridgehead atoms. The molecule has 0 aromatic heterocycles. The molecule has 2 nitrogen and oxygen atoms in total. The van der Waals surface area contributed by atoms with Gasteiger partial charge in [-0.25, -0.2) is 8.78 Å². The minimum absolute atomic E-state index is 0.101. The van der Waals surface area contributed by atoms with Crippen LogP contribution in [0.1, 0.15) is 12.0 Å². The SMILES string of the molecule is COc1cc2c3c(cc(F)c2cc1F)CCCO3. The maximum Gasteiger partial charge on any atom is 0.165 e. The molecule has 3 rings (SSSR count). The Balaban J connectivity index is 2.36. The lowest BCUT2D eigenvalue weighted by molar-refractivity contribution is 0.291. The Labute approximate surface area is 103 Å². The van der Waals surface area contributed by atoms with Crippen LogP contribution in [0.25, 0.3) is 10.8 Å². The van der Waals surface area contributed by atoms with Gasteiger partial charge in [0.15, 0.2) is 11.6 Å². The van der Waals surface area contributed by atoms with E-state index in [0.29, 0.717) is 17.7 Å². The molecule has 0 saturated heterocycles. The van der Waals surface area contributed by atoms with Gasteiger partial charge in [-0.2, -0.15) is 0 Å². The molecule has 1 aliphatic heterocycles. The van der Waals surface area contributed by atoms with Gasteiger partial charge in [-0.1, -0.05) is 0 Å². The Morgan fingerprint density at radius 2 is 1.94 bits per heavy atom. The summed E-state index contributed by atoms with van der Waals surface area (Å²) in [5, 5.41) is 0.803. The van der Waals surface area contributed by atoms with E-state index in [4.69, 9.17) is 9.47 Å². The van der Waals surface area contributed by atoms with Crippen molar-refractivity contribution in [2.24, 2.45) is 0 Å². The average molecular weight is 250 g/mol. The summed E-state index contributed by atoms with van der Waals surface area (Å²) in [6.45, 7) is 0.605. The fraction of sp³-hybridized carbons (Fsp3) is 0.286. The molecule has 94 valence electrons. The van der Waals surface area contributed by atoms with Crippen molar-refractivity contribution < 1.29 is 18.3 Å². The second-order valence-electron chi connectivity index (χ2n) is 4.33. The van der Waals surface area contributed by atoms with Crippen molar-refractivity contribution in [1.82, 2.24) is 0 Å². The molecule has 0 unspecified atom stereocenters. The zero-order valence-electron chi connectivity index (χ0n) is 9.93. The standard InChI is InChI=1S/C14H12F2O2/c1-17-13-7-10-9(6-12(13)16)11(15)5-8-3-2-4-18-14(8)10/h5-7H,2-4H2,1H3. The highest BCUT2D eigenvalue weighted by atomic mass is 19.1. The molecule has 4 heteroatoms. The fourth-order valence-corrected chi connectivity index (χ4v) is 2.36. The lowest BCUT2D eigenvalue weighted by Gasteiger charge is -2.20. The first kappa shape index (κ1) is 11.3. The van der Waals surface area contributed by atoms with Crippen LogP contribution in [-0.2, 0) is 6.42 Å². The third kappa shape index (κ3) is 1.60. The number of hydrogen-bond acceptors (Lipinski definition) is 2. The van der Waals surface area contributed by atoms with Gasteiger partial charge in [0.2, 0.25) is 0 Å². The molecule has 1 heterocycles. The first-order chi connectivity index (χ1) is 8.70. The quantitative estimate of drug-likeness (QED) is 0.771. The van der Waals surface area contributed by atoms with E-state index < -0.39 is 11.6 Å². The van der Waals surface area contributed by atoms with Gasteiger partial charge in [0.1, 0.15) is 11.6 Å². The van der Waals surface area contributed by atoms with E-state index >= 15 is 0 Å². The van der Waals surface area contributed by atoms with E-state index in [9.17, 15) is 8.78 Å². The summed E-state index contributed by atoms with van der Waals surface area (Å²) in [4.78, 5) is 0. The highest BCUT2D eigenvalue weighted by Crippen LogP contribution is 2.38. The van der Waals surface area contributed by atoms with Crippen LogP contribution in [0, 0.1) is 11.6 Å². The van der Waals surface area contributed by atoms with Crippen LogP contribution < -0.4 is 9.47 Å². The smallest absolute Gasteiger partial charge is 0.165 e. The van der Waals surface area contributed by atoms with Crippen molar-refractivity contribution in [3.05, 3.63) is 35.4 Å². The van der Waals surface area contributed by atoms with Crippen LogP contribution in [0.15, 0.2) is 18.2 Å². The minimum Gasteiger partial charge on any atom is -0.494 e. The highest BCUT2D eigenvalue weighted by molar-refractivity contribution is 5.91. The Bertz CT molecular complexity index is 623. The van der Waals surface area contributed by atoms with Crippen LogP contribution >= 0.6 is 0 Å². The molecule has 2 aromatic rings. The number of benzene rings is 2. The molecule has 0 atom stereocenters. The molecule has 18 heavy (non-hydrogen) atoms. The number of hydrogen-bond donors (Lipinski definition) is 0. The van der Waals surface area contributed by atoms with Gasteiger partial charge in [0.25, 0.3) is 0 Å². The summed E-state index contributed by atoms with van der Waals surface area (Å²) in [5.41, 5.74) is 0.833. The van der Waals surface area contributed by atoms with E-state index in [1.165, 1.54) is 19.2 Å². The second-order valence-corrected chi connectivity index (χ2v) is 4.33. The third-order valence-corrected chi connectivity index (χ3v) is 3.22. The molecular weight excluding hydrogens is 238 g/mol. The summed E-state index contributed by atoms with van der Waals surface area (Å²) in [6.07, 6.45) is 1.65. The number of rotatable bonds is 1. The summed E-state index contributed by atoms with van der Waals surface area (Å²) < 4.78 is 38.0. The zero-order chi connectivity index (χ0) is 12.7. The number of aryl methyl sites for hydroxylation is 1. The number of halogens is 2. The predicted molar refractivity (Wildman–Crippen MR) is 64.2 cm³/mol. The Kier molecular flexibility index (Phi) is 2.58. The molecule has 2 aromatic carbocycles. The van der Waals surface area contributed by atoms with Crippen molar-refractivity contribution in [2.45, 2.75) is 12.8 Å². The number of ether oxygens (including phenoxy) is 2. The topological polar surface area (TPSA) is 18.5 Å². The Morgan fingerprint density at radius 1 is 1.11 bits per heavy atom. The molecule has 0 amide bonds. The van der Waals surface area contributed by atoms with Crippen molar-refractivity contribution >= 4 is 10.8 Å². The van der Waals surface area contributed by atoms with Crippen LogP contribution in [0.3, 0.4) is 0 Å². The molecular formula is C14H12F2O2. The Morgan fingerprint density at radius 3 is 2.72 bits per heavy atom. The minimum atomic E-state index is -0.570. The maximum absolute atomic E-state index is 13.9. The first-order valence-corrected chi connectivity index (χ1v) is 5.82. The normalized spacial score (nSPS) is 14.2. The van der Waals surface area contributed by atoms with E-state index in [2.05, 4.69) is 0 Å². The zero-order valence-corrected chi connectivity index (χ0v) is 9.93. The largest absolute Gasteiger partial charge is 0.494 e. The lowest BCUT2D eigenvalue weighted by Crippen LogP contribution is -2.09. The van der Waals surface area contributed by atoms with Crippen LogP contribution in [0.4, 0.5) is 8.78 Å². The van der Waals surface area contributed by atoms with Gasteiger partial charge in [0.05, 0.1) is 13.7 Å². The fourth-order valence-electron chi connectivity index (χ4n) is 2.36. The van der Waals surface area contributed by atoms with Crippen LogP contribution in [0.2, 0.25) is 0 Å². The van der Waals surface area contributed by atoms with E-state index in [-0.39, 0.29) is 11.1 Å². The first-order valence-electron chi connectivity index (χ1n) is 5.82. The van der Waals surface area contributed by atoms with Gasteiger partial charge in [0, 0.05) is 10.8 Å². The summed E-state index contributed by atoms with van der Waals surface area (Å²) in [7, 11) is 1.39. The molecule has 0 fully saturated rings. The van der Waals surface area contributed by atoms with Crippen molar-refractivity contribution in [1.29, 1.82) is 0 Å². The van der Waals surface area contributed by atoms with E-state index in [0.717, 1.165) is 24.5 Å². The molecule has 0 N–H and O–H groups in total. The van der Waals surface area contributed by atoms with E-state index in [1.54, 1.807) is 0 Å². The third-order valence-electron chi connectivity index (χ3n) is 3.22. The molecule has 0 saturated carbocycles. The molecule has 1 aliphatic rings.